The van der Waals surface area contributed by atoms with E-state index in [0.717, 1.165) is 40.2 Å². The number of fused-ring (bicyclic) bond motifs is 3. The second kappa shape index (κ2) is 9.07. The first-order chi connectivity index (χ1) is 17.5. The Morgan fingerprint density at radius 3 is 2.61 bits per heavy atom. The zero-order chi connectivity index (χ0) is 24.8. The van der Waals surface area contributed by atoms with Crippen LogP contribution < -0.4 is 19.6 Å². The summed E-state index contributed by atoms with van der Waals surface area (Å²) in [4.78, 5) is 19.7. The van der Waals surface area contributed by atoms with Crippen molar-refractivity contribution in [1.82, 2.24) is 4.57 Å². The zero-order valence-corrected chi connectivity index (χ0v) is 21.5. The molecular formula is C31H28N2O2S. The van der Waals surface area contributed by atoms with E-state index >= 15 is 0 Å². The van der Waals surface area contributed by atoms with Crippen LogP contribution in [0, 0.1) is 0 Å². The van der Waals surface area contributed by atoms with Crippen LogP contribution in [0.5, 0.6) is 5.75 Å². The number of thiazole rings is 1. The molecule has 5 heteroatoms. The van der Waals surface area contributed by atoms with Gasteiger partial charge in [-0.05, 0) is 64.8 Å². The van der Waals surface area contributed by atoms with Crippen molar-refractivity contribution in [3.63, 3.8) is 0 Å². The van der Waals surface area contributed by atoms with Gasteiger partial charge < -0.3 is 4.74 Å². The maximum atomic E-state index is 13.9. The summed E-state index contributed by atoms with van der Waals surface area (Å²) in [7, 11) is 1.68. The molecule has 0 N–H and O–H groups in total. The van der Waals surface area contributed by atoms with E-state index in [1.165, 1.54) is 33.6 Å². The van der Waals surface area contributed by atoms with Crippen molar-refractivity contribution in [3.05, 3.63) is 126 Å². The molecule has 3 aromatic carbocycles. The molecule has 4 aromatic rings. The van der Waals surface area contributed by atoms with E-state index in [4.69, 9.17) is 9.73 Å². The largest absolute Gasteiger partial charge is 0.497 e. The molecule has 0 amide bonds. The molecule has 0 radical (unpaired) electrons. The van der Waals surface area contributed by atoms with Crippen LogP contribution in [0.1, 0.15) is 60.0 Å². The van der Waals surface area contributed by atoms with Crippen LogP contribution in [-0.4, -0.2) is 11.7 Å². The lowest BCUT2D eigenvalue weighted by Gasteiger charge is -2.31. The molecule has 1 aromatic heterocycles. The molecule has 1 aliphatic heterocycles. The maximum Gasteiger partial charge on any atom is 0.271 e. The highest BCUT2D eigenvalue weighted by Crippen LogP contribution is 2.41. The predicted molar refractivity (Wildman–Crippen MR) is 146 cm³/mol. The Morgan fingerprint density at radius 2 is 1.83 bits per heavy atom. The molecule has 2 aliphatic rings. The molecule has 0 fully saturated rings. The van der Waals surface area contributed by atoms with Gasteiger partial charge in [0.15, 0.2) is 4.80 Å². The van der Waals surface area contributed by atoms with Crippen LogP contribution >= 0.6 is 11.3 Å². The number of aromatic nitrogens is 1. The highest BCUT2D eigenvalue weighted by molar-refractivity contribution is 7.07. The van der Waals surface area contributed by atoms with E-state index in [-0.39, 0.29) is 11.6 Å². The van der Waals surface area contributed by atoms with Crippen molar-refractivity contribution in [2.24, 2.45) is 4.99 Å². The summed E-state index contributed by atoms with van der Waals surface area (Å²) >= 11 is 1.47. The third-order valence-corrected chi connectivity index (χ3v) is 8.17. The van der Waals surface area contributed by atoms with E-state index < -0.39 is 0 Å². The molecule has 1 aliphatic carbocycles. The van der Waals surface area contributed by atoms with Gasteiger partial charge in [0.05, 0.1) is 23.4 Å². The van der Waals surface area contributed by atoms with Crippen LogP contribution in [0.2, 0.25) is 0 Å². The molecule has 1 atom stereocenters. The number of ether oxygens (including phenoxy) is 1. The second-order valence-electron chi connectivity index (χ2n) is 9.71. The SMILES string of the molecule is COc1cccc([C@@H]2C3=C(N=c4s/c(=C/c5ccc(C(C)C)cc5)c(=O)n42)c2ccccc2CC3)c1. The molecule has 0 saturated heterocycles. The quantitative estimate of drug-likeness (QED) is 0.380. The van der Waals surface area contributed by atoms with Gasteiger partial charge >= 0.3 is 0 Å². The first-order valence-electron chi connectivity index (χ1n) is 12.4. The van der Waals surface area contributed by atoms with Crippen LogP contribution in [0.25, 0.3) is 11.8 Å². The van der Waals surface area contributed by atoms with Crippen molar-refractivity contribution in [2.45, 2.75) is 38.6 Å². The third kappa shape index (κ3) is 3.84. The summed E-state index contributed by atoms with van der Waals surface area (Å²) in [5.41, 5.74) is 8.06. The number of benzene rings is 3. The van der Waals surface area contributed by atoms with Crippen LogP contribution in [0.15, 0.2) is 88.2 Å². The molecule has 0 spiro atoms. The molecule has 0 bridgehead atoms. The zero-order valence-electron chi connectivity index (χ0n) is 20.7. The van der Waals surface area contributed by atoms with Crippen molar-refractivity contribution in [2.75, 3.05) is 7.11 Å². The minimum atomic E-state index is -0.204. The average molecular weight is 493 g/mol. The number of hydrogen-bond donors (Lipinski definition) is 0. The lowest BCUT2D eigenvalue weighted by molar-refractivity contribution is 0.413. The average Bonchev–Trinajstić information content (AvgIpc) is 3.22. The second-order valence-corrected chi connectivity index (χ2v) is 10.7. The van der Waals surface area contributed by atoms with Gasteiger partial charge in [0.25, 0.3) is 5.56 Å². The number of allylic oxidation sites excluding steroid dienone is 1. The Kier molecular flexibility index (Phi) is 5.73. The normalized spacial score (nSPS) is 16.9. The minimum absolute atomic E-state index is 0.00455. The Bertz CT molecular complexity index is 1670. The van der Waals surface area contributed by atoms with Crippen molar-refractivity contribution < 1.29 is 4.74 Å². The predicted octanol–water partition coefficient (Wildman–Crippen LogP) is 5.45. The van der Waals surface area contributed by atoms with Gasteiger partial charge in [0.1, 0.15) is 5.75 Å². The fraction of sp³-hybridized carbons (Fsp3) is 0.226. The summed E-state index contributed by atoms with van der Waals surface area (Å²) < 4.78 is 8.13. The molecule has 180 valence electrons. The van der Waals surface area contributed by atoms with Gasteiger partial charge in [0, 0.05) is 5.56 Å². The highest BCUT2D eigenvalue weighted by atomic mass is 32.1. The van der Waals surface area contributed by atoms with E-state index in [0.29, 0.717) is 10.5 Å². The Hall–Kier alpha value is -3.70. The molecule has 4 nitrogen and oxygen atoms in total. The smallest absolute Gasteiger partial charge is 0.271 e. The van der Waals surface area contributed by atoms with Crippen LogP contribution in [0.3, 0.4) is 0 Å². The number of hydrogen-bond acceptors (Lipinski definition) is 4. The summed E-state index contributed by atoms with van der Waals surface area (Å²) in [6.07, 6.45) is 3.81. The van der Waals surface area contributed by atoms with Crippen molar-refractivity contribution >= 4 is 23.1 Å². The fourth-order valence-corrected chi connectivity index (χ4v) is 6.26. The standard InChI is InChI=1S/C31H28N2O2S/c1-19(2)21-13-11-20(12-14-21)17-27-30(34)33-29(23-8-6-9-24(18-23)35-3)26-16-15-22-7-4-5-10-25(22)28(26)32-31(33)36-27/h4-14,17-19,29H,15-16H2,1-3H3/b27-17+/t29-/m1/s1. The van der Waals surface area contributed by atoms with Crippen molar-refractivity contribution in [3.8, 4) is 5.75 Å². The number of rotatable bonds is 4. The van der Waals surface area contributed by atoms with Gasteiger partial charge in [-0.2, -0.15) is 0 Å². The first-order valence-corrected chi connectivity index (χ1v) is 13.2. The molecule has 0 saturated carbocycles. The third-order valence-electron chi connectivity index (χ3n) is 7.18. The lowest BCUT2D eigenvalue weighted by Crippen LogP contribution is -2.38. The number of aryl methyl sites for hydroxylation is 1. The van der Waals surface area contributed by atoms with Gasteiger partial charge in [-0.25, -0.2) is 4.99 Å². The topological polar surface area (TPSA) is 43.6 Å². The summed E-state index contributed by atoms with van der Waals surface area (Å²) in [6, 6.07) is 24.8. The highest BCUT2D eigenvalue weighted by Gasteiger charge is 2.32. The lowest BCUT2D eigenvalue weighted by atomic mass is 9.83. The van der Waals surface area contributed by atoms with Gasteiger partial charge in [-0.15, -0.1) is 0 Å². The molecule has 0 unspecified atom stereocenters. The molecular weight excluding hydrogens is 464 g/mol. The summed E-state index contributed by atoms with van der Waals surface area (Å²) in [6.45, 7) is 4.37. The van der Waals surface area contributed by atoms with Crippen LogP contribution in [0.4, 0.5) is 0 Å². The van der Waals surface area contributed by atoms with E-state index in [9.17, 15) is 4.79 Å². The number of methoxy groups -OCH3 is 1. The van der Waals surface area contributed by atoms with E-state index in [2.05, 4.69) is 68.4 Å². The summed E-state index contributed by atoms with van der Waals surface area (Å²) in [5, 5.41) is 0. The monoisotopic (exact) mass is 492 g/mol. The van der Waals surface area contributed by atoms with Gasteiger partial charge in [-0.3, -0.25) is 9.36 Å². The number of nitrogens with zero attached hydrogens (tertiary/aromatic N) is 2. The maximum absolute atomic E-state index is 13.9. The molecule has 2 heterocycles. The Labute approximate surface area is 214 Å². The Morgan fingerprint density at radius 1 is 1.03 bits per heavy atom. The van der Waals surface area contributed by atoms with Crippen LogP contribution in [-0.2, 0) is 6.42 Å². The fourth-order valence-electron chi connectivity index (χ4n) is 5.26. The van der Waals surface area contributed by atoms with Gasteiger partial charge in [0.2, 0.25) is 0 Å². The van der Waals surface area contributed by atoms with E-state index in [1.807, 2.05) is 28.8 Å². The Balaban J connectivity index is 1.57. The van der Waals surface area contributed by atoms with E-state index in [1.54, 1.807) is 7.11 Å². The molecule has 6 rings (SSSR count). The summed E-state index contributed by atoms with van der Waals surface area (Å²) in [5.74, 6) is 1.26. The van der Waals surface area contributed by atoms with Gasteiger partial charge in [-0.1, -0.05) is 85.8 Å². The molecule has 36 heavy (non-hydrogen) atoms. The minimum Gasteiger partial charge on any atom is -0.497 e. The first kappa shape index (κ1) is 22.7. The van der Waals surface area contributed by atoms with Crippen molar-refractivity contribution in [1.29, 1.82) is 0 Å².